The number of aryl methyl sites for hydroxylation is 1. The van der Waals surface area contributed by atoms with Crippen LogP contribution in [0.3, 0.4) is 0 Å². The number of ether oxygens (including phenoxy) is 1. The molecule has 1 amide bonds. The van der Waals surface area contributed by atoms with Gasteiger partial charge in [-0.15, -0.1) is 0 Å². The van der Waals surface area contributed by atoms with Gasteiger partial charge in [0.05, 0.1) is 11.8 Å². The molecule has 5 rings (SSSR count). The number of rotatable bonds is 3. The van der Waals surface area contributed by atoms with Crippen molar-refractivity contribution in [1.29, 1.82) is 0 Å². The lowest BCUT2D eigenvalue weighted by atomic mass is 9.78. The third-order valence-corrected chi connectivity index (χ3v) is 6.73. The van der Waals surface area contributed by atoms with Gasteiger partial charge in [0.2, 0.25) is 5.91 Å². The highest BCUT2D eigenvalue weighted by Gasteiger charge is 2.43. The number of carbonyl (C=O) groups is 1. The molecule has 6 nitrogen and oxygen atoms in total. The molecule has 4 atom stereocenters. The van der Waals surface area contributed by atoms with Crippen molar-refractivity contribution in [2.75, 3.05) is 13.1 Å². The molecular formula is C25H27N3O3. The molecule has 160 valence electrons. The van der Waals surface area contributed by atoms with Gasteiger partial charge in [0, 0.05) is 37.2 Å². The Bertz CT molecular complexity index is 1110. The van der Waals surface area contributed by atoms with E-state index in [4.69, 9.17) is 9.72 Å². The first-order valence-corrected chi connectivity index (χ1v) is 10.9. The van der Waals surface area contributed by atoms with Crippen LogP contribution in [0.15, 0.2) is 48.7 Å². The number of pyridine rings is 2. The summed E-state index contributed by atoms with van der Waals surface area (Å²) in [5, 5.41) is 11.7. The van der Waals surface area contributed by atoms with Gasteiger partial charge in [-0.2, -0.15) is 0 Å². The standard InChI is InChI=1S/C25H27N3O3/c1-15-10-18-4-3-9-26-25(18)27-24(15)17-5-7-21(8-6-17)31-23-12-20-14-28(16(2)29)13-19(20)11-22(23)30/h3-10,19-20,22-23,30H,11-14H2,1-2H3/t19-,20+,22+,23+/m0/s1. The average Bonchev–Trinajstić information content (AvgIpc) is 3.17. The molecule has 1 saturated heterocycles. The van der Waals surface area contributed by atoms with Crippen molar-refractivity contribution in [3.05, 3.63) is 54.2 Å². The van der Waals surface area contributed by atoms with E-state index >= 15 is 0 Å². The number of fused-ring (bicyclic) bond motifs is 2. The molecule has 3 aromatic rings. The van der Waals surface area contributed by atoms with Crippen LogP contribution in [-0.2, 0) is 4.79 Å². The van der Waals surface area contributed by atoms with Gasteiger partial charge in [-0.3, -0.25) is 4.79 Å². The third-order valence-electron chi connectivity index (χ3n) is 6.73. The summed E-state index contributed by atoms with van der Waals surface area (Å²) in [5.74, 6) is 1.62. The highest BCUT2D eigenvalue weighted by molar-refractivity contribution is 5.80. The molecule has 1 aliphatic heterocycles. The Balaban J connectivity index is 1.31. The maximum atomic E-state index is 11.7. The SMILES string of the molecule is CC(=O)N1C[C@H]2C[C@@H](Oc3ccc(-c4nc5ncccc5cc4C)cc3)[C@H](O)C[C@H]2C1. The highest BCUT2D eigenvalue weighted by Crippen LogP contribution is 2.38. The second-order valence-corrected chi connectivity index (χ2v) is 8.87. The van der Waals surface area contributed by atoms with E-state index in [0.29, 0.717) is 18.3 Å². The summed E-state index contributed by atoms with van der Waals surface area (Å²) in [7, 11) is 0. The van der Waals surface area contributed by atoms with Crippen molar-refractivity contribution in [2.45, 2.75) is 38.9 Å². The van der Waals surface area contributed by atoms with Crippen molar-refractivity contribution < 1.29 is 14.6 Å². The summed E-state index contributed by atoms with van der Waals surface area (Å²) in [6.45, 7) is 5.20. The first-order chi connectivity index (χ1) is 15.0. The number of likely N-dealkylation sites (tertiary alicyclic amines) is 1. The number of benzene rings is 1. The van der Waals surface area contributed by atoms with Crippen LogP contribution in [0.1, 0.15) is 25.3 Å². The minimum Gasteiger partial charge on any atom is -0.488 e. The molecule has 0 bridgehead atoms. The van der Waals surface area contributed by atoms with E-state index in [2.05, 4.69) is 18.0 Å². The lowest BCUT2D eigenvalue weighted by Gasteiger charge is -2.35. The smallest absolute Gasteiger partial charge is 0.219 e. The van der Waals surface area contributed by atoms with Gasteiger partial charge < -0.3 is 14.7 Å². The summed E-state index contributed by atoms with van der Waals surface area (Å²) in [6, 6.07) is 13.9. The summed E-state index contributed by atoms with van der Waals surface area (Å²) >= 11 is 0. The molecule has 0 spiro atoms. The number of amides is 1. The monoisotopic (exact) mass is 417 g/mol. The zero-order chi connectivity index (χ0) is 21.5. The summed E-state index contributed by atoms with van der Waals surface area (Å²) in [4.78, 5) is 22.7. The maximum Gasteiger partial charge on any atom is 0.219 e. The van der Waals surface area contributed by atoms with Gasteiger partial charge in [0.25, 0.3) is 0 Å². The average molecular weight is 418 g/mol. The largest absolute Gasteiger partial charge is 0.488 e. The molecule has 31 heavy (non-hydrogen) atoms. The fraction of sp³-hybridized carbons (Fsp3) is 0.400. The Morgan fingerprint density at radius 2 is 1.87 bits per heavy atom. The van der Waals surface area contributed by atoms with E-state index in [0.717, 1.165) is 53.1 Å². The summed E-state index contributed by atoms with van der Waals surface area (Å²) < 4.78 is 6.18. The van der Waals surface area contributed by atoms with Crippen LogP contribution >= 0.6 is 0 Å². The zero-order valence-electron chi connectivity index (χ0n) is 17.9. The van der Waals surface area contributed by atoms with E-state index in [-0.39, 0.29) is 12.0 Å². The van der Waals surface area contributed by atoms with E-state index < -0.39 is 6.10 Å². The van der Waals surface area contributed by atoms with Gasteiger partial charge in [0.15, 0.2) is 5.65 Å². The Morgan fingerprint density at radius 3 is 2.61 bits per heavy atom. The second-order valence-electron chi connectivity index (χ2n) is 8.87. The number of aromatic nitrogens is 2. The number of carbonyl (C=O) groups excluding carboxylic acids is 1. The van der Waals surface area contributed by atoms with Crippen LogP contribution in [0.4, 0.5) is 0 Å². The van der Waals surface area contributed by atoms with Crippen molar-refractivity contribution in [3.63, 3.8) is 0 Å². The Kier molecular flexibility index (Phi) is 5.10. The van der Waals surface area contributed by atoms with Crippen molar-refractivity contribution in [1.82, 2.24) is 14.9 Å². The van der Waals surface area contributed by atoms with Crippen LogP contribution in [0.5, 0.6) is 5.75 Å². The van der Waals surface area contributed by atoms with Crippen LogP contribution in [-0.4, -0.2) is 51.2 Å². The molecule has 0 unspecified atom stereocenters. The van der Waals surface area contributed by atoms with Crippen molar-refractivity contribution in [2.24, 2.45) is 11.8 Å². The molecular weight excluding hydrogens is 390 g/mol. The molecule has 6 heteroatoms. The Hall–Kier alpha value is -2.99. The van der Waals surface area contributed by atoms with Crippen LogP contribution in [0.2, 0.25) is 0 Å². The minimum atomic E-state index is -0.511. The van der Waals surface area contributed by atoms with E-state index in [1.54, 1.807) is 13.1 Å². The van der Waals surface area contributed by atoms with Crippen LogP contribution in [0.25, 0.3) is 22.3 Å². The molecule has 3 heterocycles. The predicted octanol–water partition coefficient (Wildman–Crippen LogP) is 3.60. The van der Waals surface area contributed by atoms with Crippen LogP contribution < -0.4 is 4.74 Å². The molecule has 0 radical (unpaired) electrons. The van der Waals surface area contributed by atoms with Gasteiger partial charge in [0.1, 0.15) is 11.9 Å². The highest BCUT2D eigenvalue weighted by atomic mass is 16.5. The van der Waals surface area contributed by atoms with Crippen molar-refractivity contribution >= 4 is 16.9 Å². The number of hydrogen-bond acceptors (Lipinski definition) is 5. The predicted molar refractivity (Wildman–Crippen MR) is 119 cm³/mol. The zero-order valence-corrected chi connectivity index (χ0v) is 17.9. The van der Waals surface area contributed by atoms with Crippen LogP contribution in [0, 0.1) is 18.8 Å². The first kappa shape index (κ1) is 19.9. The fourth-order valence-corrected chi connectivity index (χ4v) is 5.04. The van der Waals surface area contributed by atoms with E-state index in [1.807, 2.05) is 41.3 Å². The normalized spacial score (nSPS) is 25.5. The van der Waals surface area contributed by atoms with Gasteiger partial charge >= 0.3 is 0 Å². The number of aliphatic hydroxyl groups is 1. The number of aliphatic hydroxyl groups excluding tert-OH is 1. The van der Waals surface area contributed by atoms with E-state index in [9.17, 15) is 9.90 Å². The third kappa shape index (κ3) is 3.88. The maximum absolute atomic E-state index is 11.7. The Morgan fingerprint density at radius 1 is 1.13 bits per heavy atom. The fourth-order valence-electron chi connectivity index (χ4n) is 5.04. The topological polar surface area (TPSA) is 75.6 Å². The van der Waals surface area contributed by atoms with Gasteiger partial charge in [-0.05, 0) is 79.6 Å². The van der Waals surface area contributed by atoms with Gasteiger partial charge in [-0.1, -0.05) is 0 Å². The molecule has 2 aliphatic rings. The molecule has 2 aromatic heterocycles. The lowest BCUT2D eigenvalue weighted by molar-refractivity contribution is -0.128. The van der Waals surface area contributed by atoms with E-state index in [1.165, 1.54) is 0 Å². The molecule has 1 saturated carbocycles. The molecule has 1 N–H and O–H groups in total. The molecule has 1 aromatic carbocycles. The quantitative estimate of drug-likeness (QED) is 0.705. The first-order valence-electron chi connectivity index (χ1n) is 10.9. The lowest BCUT2D eigenvalue weighted by Crippen LogP contribution is -2.42. The molecule has 2 fully saturated rings. The second kappa shape index (κ2) is 7.93. The summed E-state index contributed by atoms with van der Waals surface area (Å²) in [6.07, 6.45) is 2.46. The molecule has 1 aliphatic carbocycles. The van der Waals surface area contributed by atoms with Gasteiger partial charge in [-0.25, -0.2) is 9.97 Å². The minimum absolute atomic E-state index is 0.116. The summed E-state index contributed by atoms with van der Waals surface area (Å²) in [5.41, 5.74) is 3.75. The Labute approximate surface area is 181 Å². The number of hydrogen-bond donors (Lipinski definition) is 1. The number of nitrogens with zero attached hydrogens (tertiary/aromatic N) is 3. The van der Waals surface area contributed by atoms with Crippen molar-refractivity contribution in [3.8, 4) is 17.0 Å².